The second-order valence-corrected chi connectivity index (χ2v) is 6.18. The molecule has 2 aromatic heterocycles. The molecule has 0 fully saturated rings. The van der Waals surface area contributed by atoms with Gasteiger partial charge in [0.15, 0.2) is 0 Å². The fourth-order valence-electron chi connectivity index (χ4n) is 1.92. The van der Waals surface area contributed by atoms with E-state index < -0.39 is 16.2 Å². The predicted octanol–water partition coefficient (Wildman–Crippen LogP) is 1.26. The molecule has 20 heavy (non-hydrogen) atoms. The summed E-state index contributed by atoms with van der Waals surface area (Å²) < 4.78 is 29.6. The van der Waals surface area contributed by atoms with Gasteiger partial charge in [-0.3, -0.25) is 9.17 Å². The van der Waals surface area contributed by atoms with E-state index in [2.05, 4.69) is 9.97 Å². The van der Waals surface area contributed by atoms with Gasteiger partial charge in [0.1, 0.15) is 0 Å². The normalized spacial score (nSPS) is 13.2. The standard InChI is InChI=1S/C13H17N3O3S/c1-20(17,18)19-13(10-16-9-8-15-11-16)3-2-12-4-6-14-7-5-12/h4-9,11,13H,2-3,10H2,1H3. The number of aromatic nitrogens is 3. The van der Waals surface area contributed by atoms with E-state index in [1.165, 1.54) is 0 Å². The topological polar surface area (TPSA) is 74.1 Å². The van der Waals surface area contributed by atoms with Crippen LogP contribution in [0.15, 0.2) is 43.2 Å². The van der Waals surface area contributed by atoms with Crippen LogP contribution in [0, 0.1) is 0 Å². The number of hydrogen-bond donors (Lipinski definition) is 0. The first-order valence-corrected chi connectivity index (χ1v) is 8.07. The highest BCUT2D eigenvalue weighted by atomic mass is 32.2. The summed E-state index contributed by atoms with van der Waals surface area (Å²) in [4.78, 5) is 7.89. The van der Waals surface area contributed by atoms with Crippen LogP contribution in [0.4, 0.5) is 0 Å². The molecule has 0 saturated heterocycles. The van der Waals surface area contributed by atoms with Gasteiger partial charge in [-0.1, -0.05) is 0 Å². The number of pyridine rings is 1. The van der Waals surface area contributed by atoms with Crippen LogP contribution in [0.25, 0.3) is 0 Å². The van der Waals surface area contributed by atoms with E-state index in [0.29, 0.717) is 13.0 Å². The van der Waals surface area contributed by atoms with Crippen LogP contribution in [0.3, 0.4) is 0 Å². The summed E-state index contributed by atoms with van der Waals surface area (Å²) in [7, 11) is -3.48. The molecule has 108 valence electrons. The van der Waals surface area contributed by atoms with E-state index in [0.717, 1.165) is 18.2 Å². The molecule has 7 heteroatoms. The van der Waals surface area contributed by atoms with Crippen molar-refractivity contribution >= 4 is 10.1 Å². The summed E-state index contributed by atoms with van der Waals surface area (Å²) >= 11 is 0. The van der Waals surface area contributed by atoms with Gasteiger partial charge >= 0.3 is 0 Å². The number of hydrogen-bond acceptors (Lipinski definition) is 5. The average molecular weight is 295 g/mol. The van der Waals surface area contributed by atoms with Crippen LogP contribution in [-0.2, 0) is 27.3 Å². The van der Waals surface area contributed by atoms with Crippen LogP contribution in [0.1, 0.15) is 12.0 Å². The highest BCUT2D eigenvalue weighted by Crippen LogP contribution is 2.11. The molecule has 6 nitrogen and oxygen atoms in total. The third-order valence-corrected chi connectivity index (χ3v) is 3.41. The van der Waals surface area contributed by atoms with E-state index in [1.54, 1.807) is 31.1 Å². The molecular formula is C13H17N3O3S. The molecule has 2 rings (SSSR count). The van der Waals surface area contributed by atoms with Gasteiger partial charge in [0, 0.05) is 24.8 Å². The second kappa shape index (κ2) is 6.62. The maximum absolute atomic E-state index is 11.3. The Balaban J connectivity index is 1.99. The Kier molecular flexibility index (Phi) is 4.86. The molecule has 0 bridgehead atoms. The van der Waals surface area contributed by atoms with E-state index >= 15 is 0 Å². The van der Waals surface area contributed by atoms with Gasteiger partial charge in [-0.05, 0) is 30.5 Å². The van der Waals surface area contributed by atoms with Crippen LogP contribution in [0.2, 0.25) is 0 Å². The smallest absolute Gasteiger partial charge is 0.264 e. The van der Waals surface area contributed by atoms with Crippen LogP contribution in [-0.4, -0.2) is 35.3 Å². The highest BCUT2D eigenvalue weighted by Gasteiger charge is 2.16. The zero-order valence-electron chi connectivity index (χ0n) is 11.2. The van der Waals surface area contributed by atoms with E-state index in [4.69, 9.17) is 4.18 Å². The second-order valence-electron chi connectivity index (χ2n) is 4.58. The van der Waals surface area contributed by atoms with Crippen LogP contribution in [0.5, 0.6) is 0 Å². The summed E-state index contributed by atoms with van der Waals surface area (Å²) in [5.41, 5.74) is 1.10. The number of aryl methyl sites for hydroxylation is 1. The zero-order valence-corrected chi connectivity index (χ0v) is 12.0. The Morgan fingerprint density at radius 1 is 1.25 bits per heavy atom. The Labute approximate surface area is 118 Å². The van der Waals surface area contributed by atoms with Gasteiger partial charge in [-0.15, -0.1) is 0 Å². The fourth-order valence-corrected chi connectivity index (χ4v) is 2.58. The minimum absolute atomic E-state index is 0.410. The first kappa shape index (κ1) is 14.7. The van der Waals surface area contributed by atoms with E-state index in [-0.39, 0.29) is 0 Å². The number of nitrogens with zero attached hydrogens (tertiary/aromatic N) is 3. The van der Waals surface area contributed by atoms with E-state index in [9.17, 15) is 8.42 Å². The van der Waals surface area contributed by atoms with Gasteiger partial charge in [0.25, 0.3) is 10.1 Å². The fraction of sp³-hybridized carbons (Fsp3) is 0.385. The predicted molar refractivity (Wildman–Crippen MR) is 74.5 cm³/mol. The maximum Gasteiger partial charge on any atom is 0.264 e. The minimum atomic E-state index is -3.48. The summed E-state index contributed by atoms with van der Waals surface area (Å²) in [5.74, 6) is 0. The van der Waals surface area contributed by atoms with Crippen molar-refractivity contribution in [1.29, 1.82) is 0 Å². The van der Waals surface area contributed by atoms with Gasteiger partial charge in [-0.2, -0.15) is 8.42 Å². The Morgan fingerprint density at radius 3 is 2.60 bits per heavy atom. The monoisotopic (exact) mass is 295 g/mol. The molecule has 0 aliphatic rings. The SMILES string of the molecule is CS(=O)(=O)OC(CCc1ccncc1)Cn1ccnc1. The first-order chi connectivity index (χ1) is 9.53. The summed E-state index contributed by atoms with van der Waals surface area (Å²) in [6, 6.07) is 3.82. The summed E-state index contributed by atoms with van der Waals surface area (Å²) in [5, 5.41) is 0. The molecule has 0 N–H and O–H groups in total. The molecule has 0 aliphatic carbocycles. The van der Waals surface area contributed by atoms with Gasteiger partial charge < -0.3 is 4.57 Å². The summed E-state index contributed by atoms with van der Waals surface area (Å²) in [6.07, 6.45) is 10.5. The molecule has 1 unspecified atom stereocenters. The van der Waals surface area contributed by atoms with E-state index in [1.807, 2.05) is 16.7 Å². The molecule has 2 heterocycles. The van der Waals surface area contributed by atoms with Crippen molar-refractivity contribution in [2.24, 2.45) is 0 Å². The molecular weight excluding hydrogens is 278 g/mol. The first-order valence-electron chi connectivity index (χ1n) is 6.26. The number of imidazole rings is 1. The van der Waals surface area contributed by atoms with Gasteiger partial charge in [0.2, 0.25) is 0 Å². The van der Waals surface area contributed by atoms with Crippen molar-refractivity contribution in [1.82, 2.24) is 14.5 Å². The Bertz CT molecular complexity index is 612. The van der Waals surface area contributed by atoms with Crippen molar-refractivity contribution in [3.8, 4) is 0 Å². The molecule has 0 amide bonds. The van der Waals surface area contributed by atoms with Gasteiger partial charge in [-0.25, -0.2) is 4.98 Å². The average Bonchev–Trinajstić information content (AvgIpc) is 2.88. The maximum atomic E-state index is 11.3. The Morgan fingerprint density at radius 2 is 2.00 bits per heavy atom. The van der Waals surface area contributed by atoms with Gasteiger partial charge in [0.05, 0.1) is 25.2 Å². The third kappa shape index (κ3) is 5.10. The summed E-state index contributed by atoms with van der Waals surface area (Å²) in [6.45, 7) is 0.457. The van der Waals surface area contributed by atoms with Crippen molar-refractivity contribution in [3.63, 3.8) is 0 Å². The van der Waals surface area contributed by atoms with Crippen molar-refractivity contribution in [2.75, 3.05) is 6.26 Å². The van der Waals surface area contributed by atoms with Crippen LogP contribution >= 0.6 is 0 Å². The lowest BCUT2D eigenvalue weighted by atomic mass is 10.1. The quantitative estimate of drug-likeness (QED) is 0.719. The lowest BCUT2D eigenvalue weighted by Gasteiger charge is -2.16. The molecule has 1 atom stereocenters. The van der Waals surface area contributed by atoms with Crippen molar-refractivity contribution < 1.29 is 12.6 Å². The van der Waals surface area contributed by atoms with Crippen molar-refractivity contribution in [3.05, 3.63) is 48.8 Å². The third-order valence-electron chi connectivity index (χ3n) is 2.79. The largest absolute Gasteiger partial charge is 0.335 e. The molecule has 0 aromatic carbocycles. The lowest BCUT2D eigenvalue weighted by molar-refractivity contribution is 0.179. The molecule has 2 aromatic rings. The zero-order chi connectivity index (χ0) is 14.4. The molecule has 0 spiro atoms. The molecule has 0 radical (unpaired) electrons. The van der Waals surface area contributed by atoms with Crippen LogP contribution < -0.4 is 0 Å². The lowest BCUT2D eigenvalue weighted by Crippen LogP contribution is -2.23. The number of rotatable bonds is 7. The minimum Gasteiger partial charge on any atom is -0.335 e. The highest BCUT2D eigenvalue weighted by molar-refractivity contribution is 7.86. The molecule has 0 aliphatic heterocycles. The van der Waals surface area contributed by atoms with Crippen molar-refractivity contribution in [2.45, 2.75) is 25.5 Å². The molecule has 0 saturated carbocycles. The Hall–Kier alpha value is -1.73.